The molecule has 1 aromatic rings. The van der Waals surface area contributed by atoms with Crippen molar-refractivity contribution in [3.8, 4) is 0 Å². The molecule has 2 heterocycles. The van der Waals surface area contributed by atoms with Gasteiger partial charge in [0, 0.05) is 24.2 Å². The number of hydrogen-bond acceptors (Lipinski definition) is 3. The Kier molecular flexibility index (Phi) is 6.42. The lowest BCUT2D eigenvalue weighted by atomic mass is 9.89. The second-order valence-corrected chi connectivity index (χ2v) is 6.37. The molecule has 0 spiro atoms. The molecule has 2 fully saturated rings. The summed E-state index contributed by atoms with van der Waals surface area (Å²) in [6.07, 6.45) is 5.18. The summed E-state index contributed by atoms with van der Waals surface area (Å²) < 4.78 is 0. The average Bonchev–Trinajstić information content (AvgIpc) is 2.85. The standard InChI is InChI=1S/C17H23N3O2.ClH/c21-16(10-12-8-14-6-7-15(9-12)19-14)18-11-17(22)20-13-4-2-1-3-5-13;/h1-5,12,14-15,19H,6-11H2,(H,18,21)(H,20,22);1H. The van der Waals surface area contributed by atoms with E-state index in [0.717, 1.165) is 18.5 Å². The third-order valence-electron chi connectivity index (χ3n) is 4.55. The summed E-state index contributed by atoms with van der Waals surface area (Å²) in [5.74, 6) is 0.246. The second kappa shape index (κ2) is 8.31. The predicted octanol–water partition coefficient (Wildman–Crippen LogP) is 2.08. The molecule has 126 valence electrons. The zero-order valence-electron chi connectivity index (χ0n) is 13.1. The molecule has 2 bridgehead atoms. The van der Waals surface area contributed by atoms with E-state index in [9.17, 15) is 9.59 Å². The molecule has 23 heavy (non-hydrogen) atoms. The highest BCUT2D eigenvalue weighted by atomic mass is 35.5. The molecule has 3 rings (SSSR count). The summed E-state index contributed by atoms with van der Waals surface area (Å²) in [7, 11) is 0. The number of anilines is 1. The highest BCUT2D eigenvalue weighted by Gasteiger charge is 2.34. The van der Waals surface area contributed by atoms with Crippen molar-refractivity contribution < 1.29 is 9.59 Å². The molecule has 2 atom stereocenters. The molecule has 2 amide bonds. The number of nitrogens with one attached hydrogen (secondary N) is 3. The Balaban J connectivity index is 0.00000192. The summed E-state index contributed by atoms with van der Waals surface area (Å²) in [4.78, 5) is 23.8. The Labute approximate surface area is 143 Å². The van der Waals surface area contributed by atoms with Gasteiger partial charge in [-0.2, -0.15) is 0 Å². The Morgan fingerprint density at radius 2 is 1.70 bits per heavy atom. The zero-order chi connectivity index (χ0) is 15.4. The summed E-state index contributed by atoms with van der Waals surface area (Å²) in [5.41, 5.74) is 0.747. The Morgan fingerprint density at radius 3 is 2.35 bits per heavy atom. The van der Waals surface area contributed by atoms with Crippen LogP contribution in [0.15, 0.2) is 30.3 Å². The number of para-hydroxylation sites is 1. The van der Waals surface area contributed by atoms with Gasteiger partial charge in [-0.25, -0.2) is 0 Å². The van der Waals surface area contributed by atoms with Crippen molar-refractivity contribution in [3.05, 3.63) is 30.3 Å². The maximum Gasteiger partial charge on any atom is 0.243 e. The van der Waals surface area contributed by atoms with Crippen molar-refractivity contribution in [1.82, 2.24) is 10.6 Å². The maximum atomic E-state index is 12.0. The van der Waals surface area contributed by atoms with Crippen molar-refractivity contribution >= 4 is 29.9 Å². The number of piperidine rings is 1. The van der Waals surface area contributed by atoms with Crippen LogP contribution in [0.5, 0.6) is 0 Å². The van der Waals surface area contributed by atoms with E-state index in [1.807, 2.05) is 30.3 Å². The van der Waals surface area contributed by atoms with Crippen molar-refractivity contribution in [2.24, 2.45) is 5.92 Å². The van der Waals surface area contributed by atoms with Gasteiger partial charge in [-0.1, -0.05) is 18.2 Å². The molecule has 2 aliphatic rings. The van der Waals surface area contributed by atoms with Crippen LogP contribution in [0, 0.1) is 5.92 Å². The Morgan fingerprint density at radius 1 is 1.04 bits per heavy atom. The van der Waals surface area contributed by atoms with Gasteiger partial charge in [-0.05, 0) is 43.7 Å². The summed E-state index contributed by atoms with van der Waals surface area (Å²) in [5, 5.41) is 9.07. The first-order valence-corrected chi connectivity index (χ1v) is 8.06. The topological polar surface area (TPSA) is 70.2 Å². The number of rotatable bonds is 5. The molecule has 1 aromatic carbocycles. The van der Waals surface area contributed by atoms with Gasteiger partial charge in [0.15, 0.2) is 0 Å². The molecule has 2 aliphatic heterocycles. The third-order valence-corrected chi connectivity index (χ3v) is 4.55. The fourth-order valence-corrected chi connectivity index (χ4v) is 3.58. The number of fused-ring (bicyclic) bond motifs is 2. The van der Waals surface area contributed by atoms with E-state index in [-0.39, 0.29) is 30.8 Å². The van der Waals surface area contributed by atoms with Gasteiger partial charge in [-0.3, -0.25) is 9.59 Å². The molecule has 2 unspecified atom stereocenters. The van der Waals surface area contributed by atoms with Crippen LogP contribution in [0.2, 0.25) is 0 Å². The van der Waals surface area contributed by atoms with Crippen LogP contribution >= 0.6 is 12.4 Å². The van der Waals surface area contributed by atoms with Crippen molar-refractivity contribution in [2.75, 3.05) is 11.9 Å². The van der Waals surface area contributed by atoms with Gasteiger partial charge in [0.25, 0.3) is 0 Å². The van der Waals surface area contributed by atoms with Crippen LogP contribution < -0.4 is 16.0 Å². The number of halogens is 1. The van der Waals surface area contributed by atoms with E-state index in [1.54, 1.807) is 0 Å². The molecule has 2 saturated heterocycles. The summed E-state index contributed by atoms with van der Waals surface area (Å²) in [6, 6.07) is 10.5. The van der Waals surface area contributed by atoms with Gasteiger partial charge in [-0.15, -0.1) is 12.4 Å². The van der Waals surface area contributed by atoms with E-state index in [1.165, 1.54) is 12.8 Å². The average molecular weight is 338 g/mol. The van der Waals surface area contributed by atoms with Crippen LogP contribution in [-0.2, 0) is 9.59 Å². The minimum atomic E-state index is -0.190. The molecule has 0 saturated carbocycles. The largest absolute Gasteiger partial charge is 0.347 e. The molecule has 0 aromatic heterocycles. The quantitative estimate of drug-likeness (QED) is 0.770. The second-order valence-electron chi connectivity index (χ2n) is 6.37. The molecule has 6 heteroatoms. The third kappa shape index (κ3) is 5.22. The molecular weight excluding hydrogens is 314 g/mol. The van der Waals surface area contributed by atoms with Crippen LogP contribution in [0.1, 0.15) is 32.1 Å². The van der Waals surface area contributed by atoms with Crippen LogP contribution in [0.25, 0.3) is 0 Å². The van der Waals surface area contributed by atoms with E-state index in [4.69, 9.17) is 0 Å². The summed E-state index contributed by atoms with van der Waals surface area (Å²) >= 11 is 0. The van der Waals surface area contributed by atoms with Gasteiger partial charge in [0.05, 0.1) is 6.54 Å². The highest BCUT2D eigenvalue weighted by molar-refractivity contribution is 5.94. The minimum absolute atomic E-state index is 0. The molecule has 0 aliphatic carbocycles. The Bertz CT molecular complexity index is 526. The highest BCUT2D eigenvalue weighted by Crippen LogP contribution is 2.32. The SMILES string of the molecule is Cl.O=C(CC1CC2CCC(C1)N2)NCC(=O)Nc1ccccc1. The van der Waals surface area contributed by atoms with Crippen LogP contribution in [0.3, 0.4) is 0 Å². The molecule has 5 nitrogen and oxygen atoms in total. The van der Waals surface area contributed by atoms with Crippen molar-refractivity contribution in [1.29, 1.82) is 0 Å². The van der Waals surface area contributed by atoms with E-state index in [2.05, 4.69) is 16.0 Å². The Hall–Kier alpha value is -1.59. The van der Waals surface area contributed by atoms with Crippen LogP contribution in [0.4, 0.5) is 5.69 Å². The van der Waals surface area contributed by atoms with E-state index < -0.39 is 0 Å². The van der Waals surface area contributed by atoms with Gasteiger partial charge in [0.2, 0.25) is 11.8 Å². The molecule has 3 N–H and O–H groups in total. The minimum Gasteiger partial charge on any atom is -0.347 e. The number of amides is 2. The summed E-state index contributed by atoms with van der Waals surface area (Å²) in [6.45, 7) is 0.0333. The number of benzene rings is 1. The van der Waals surface area contributed by atoms with Gasteiger partial charge >= 0.3 is 0 Å². The van der Waals surface area contributed by atoms with Crippen molar-refractivity contribution in [3.63, 3.8) is 0 Å². The van der Waals surface area contributed by atoms with E-state index >= 15 is 0 Å². The predicted molar refractivity (Wildman–Crippen MR) is 92.6 cm³/mol. The van der Waals surface area contributed by atoms with Crippen LogP contribution in [-0.4, -0.2) is 30.4 Å². The van der Waals surface area contributed by atoms with Gasteiger partial charge in [0.1, 0.15) is 0 Å². The zero-order valence-corrected chi connectivity index (χ0v) is 13.9. The first-order chi connectivity index (χ1) is 10.7. The maximum absolute atomic E-state index is 12.0. The number of carbonyl (C=O) groups excluding carboxylic acids is 2. The first-order valence-electron chi connectivity index (χ1n) is 8.06. The fourth-order valence-electron chi connectivity index (χ4n) is 3.58. The van der Waals surface area contributed by atoms with Crippen molar-refractivity contribution in [2.45, 2.75) is 44.2 Å². The number of carbonyl (C=O) groups is 2. The lowest BCUT2D eigenvalue weighted by molar-refractivity contribution is -0.125. The first kappa shape index (κ1) is 17.8. The fraction of sp³-hybridized carbons (Fsp3) is 0.529. The van der Waals surface area contributed by atoms with Gasteiger partial charge < -0.3 is 16.0 Å². The number of hydrogen-bond donors (Lipinski definition) is 3. The molecular formula is C17H24ClN3O2. The normalized spacial score (nSPS) is 25.3. The molecule has 0 radical (unpaired) electrons. The lowest BCUT2D eigenvalue weighted by Crippen LogP contribution is -2.40. The van der Waals surface area contributed by atoms with E-state index in [0.29, 0.717) is 24.4 Å². The lowest BCUT2D eigenvalue weighted by Gasteiger charge is -2.28. The monoisotopic (exact) mass is 337 g/mol. The smallest absolute Gasteiger partial charge is 0.243 e.